The molecule has 1 aliphatic heterocycles. The Morgan fingerprint density at radius 3 is 2.84 bits per heavy atom. The van der Waals surface area contributed by atoms with Gasteiger partial charge in [-0.15, -0.1) is 0 Å². The first-order valence-electron chi connectivity index (χ1n) is 6.20. The summed E-state index contributed by atoms with van der Waals surface area (Å²) in [7, 11) is 0. The number of hydrogen-bond donors (Lipinski definition) is 1. The van der Waals surface area contributed by atoms with E-state index >= 15 is 0 Å². The molecule has 1 amide bonds. The van der Waals surface area contributed by atoms with Gasteiger partial charge in [0.25, 0.3) is 5.91 Å². The van der Waals surface area contributed by atoms with E-state index in [4.69, 9.17) is 4.74 Å². The van der Waals surface area contributed by atoms with Crippen molar-refractivity contribution in [2.24, 2.45) is 0 Å². The number of halogens is 2. The Hall–Kier alpha value is -0.980. The van der Waals surface area contributed by atoms with Crippen LogP contribution in [0, 0.1) is 5.82 Å². The SMILES string of the molecule is O=C(NCCN1CCOCC1)c1ccc(F)c(Br)c1. The minimum Gasteiger partial charge on any atom is -0.379 e. The minimum atomic E-state index is -0.370. The lowest BCUT2D eigenvalue weighted by molar-refractivity contribution is 0.0383. The van der Waals surface area contributed by atoms with Crippen molar-refractivity contribution in [2.75, 3.05) is 39.4 Å². The molecule has 0 bridgehead atoms. The summed E-state index contributed by atoms with van der Waals surface area (Å²) in [6.45, 7) is 4.68. The summed E-state index contributed by atoms with van der Waals surface area (Å²) in [5, 5.41) is 2.83. The molecule has 19 heavy (non-hydrogen) atoms. The summed E-state index contributed by atoms with van der Waals surface area (Å²) in [4.78, 5) is 14.1. The molecule has 0 unspecified atom stereocenters. The fourth-order valence-corrected chi connectivity index (χ4v) is 2.27. The summed E-state index contributed by atoms with van der Waals surface area (Å²) in [5.74, 6) is -0.557. The van der Waals surface area contributed by atoms with Gasteiger partial charge in [0.05, 0.1) is 17.7 Å². The van der Waals surface area contributed by atoms with Crippen LogP contribution in [0.1, 0.15) is 10.4 Å². The molecule has 104 valence electrons. The van der Waals surface area contributed by atoms with Crippen LogP contribution in [-0.4, -0.2) is 50.2 Å². The normalized spacial score (nSPS) is 16.3. The lowest BCUT2D eigenvalue weighted by atomic mass is 10.2. The molecule has 0 radical (unpaired) electrons. The predicted molar refractivity (Wildman–Crippen MR) is 73.7 cm³/mol. The second kappa shape index (κ2) is 6.98. The van der Waals surface area contributed by atoms with Crippen LogP contribution in [0.25, 0.3) is 0 Å². The highest BCUT2D eigenvalue weighted by Crippen LogP contribution is 2.16. The van der Waals surface area contributed by atoms with Crippen molar-refractivity contribution in [1.82, 2.24) is 10.2 Å². The zero-order chi connectivity index (χ0) is 13.7. The quantitative estimate of drug-likeness (QED) is 0.912. The standard InChI is InChI=1S/C13H16BrFN2O2/c14-11-9-10(1-2-12(11)15)13(18)16-3-4-17-5-7-19-8-6-17/h1-2,9H,3-8H2,(H,16,18). The smallest absolute Gasteiger partial charge is 0.251 e. The molecule has 1 aliphatic rings. The molecule has 1 heterocycles. The molecule has 1 saturated heterocycles. The molecule has 4 nitrogen and oxygen atoms in total. The van der Waals surface area contributed by atoms with Crippen molar-refractivity contribution in [1.29, 1.82) is 0 Å². The van der Waals surface area contributed by atoms with Gasteiger partial charge in [-0.25, -0.2) is 4.39 Å². The summed E-state index contributed by atoms with van der Waals surface area (Å²) >= 11 is 3.07. The number of nitrogens with one attached hydrogen (secondary N) is 1. The van der Waals surface area contributed by atoms with Gasteiger partial charge >= 0.3 is 0 Å². The Labute approximate surface area is 120 Å². The molecule has 2 rings (SSSR count). The third kappa shape index (κ3) is 4.26. The number of amides is 1. The Morgan fingerprint density at radius 2 is 2.16 bits per heavy atom. The van der Waals surface area contributed by atoms with E-state index in [1.165, 1.54) is 18.2 Å². The highest BCUT2D eigenvalue weighted by atomic mass is 79.9. The third-order valence-corrected chi connectivity index (χ3v) is 3.61. The van der Waals surface area contributed by atoms with Crippen molar-refractivity contribution in [2.45, 2.75) is 0 Å². The number of benzene rings is 1. The zero-order valence-corrected chi connectivity index (χ0v) is 12.1. The van der Waals surface area contributed by atoms with E-state index in [0.717, 1.165) is 32.8 Å². The molecular weight excluding hydrogens is 315 g/mol. The summed E-state index contributed by atoms with van der Waals surface area (Å²) in [5.41, 5.74) is 0.454. The molecule has 0 saturated carbocycles. The Kier molecular flexibility index (Phi) is 5.30. The van der Waals surface area contributed by atoms with Gasteiger partial charge in [-0.05, 0) is 34.1 Å². The first kappa shape index (κ1) is 14.4. The van der Waals surface area contributed by atoms with Crippen LogP contribution in [0.15, 0.2) is 22.7 Å². The highest BCUT2D eigenvalue weighted by molar-refractivity contribution is 9.10. The fourth-order valence-electron chi connectivity index (χ4n) is 1.89. The van der Waals surface area contributed by atoms with E-state index in [0.29, 0.717) is 16.6 Å². The second-order valence-corrected chi connectivity index (χ2v) is 5.19. The van der Waals surface area contributed by atoms with Crippen molar-refractivity contribution in [3.8, 4) is 0 Å². The number of hydrogen-bond acceptors (Lipinski definition) is 3. The molecule has 0 atom stereocenters. The van der Waals surface area contributed by atoms with Gasteiger partial charge in [0.2, 0.25) is 0 Å². The molecule has 0 aliphatic carbocycles. The second-order valence-electron chi connectivity index (χ2n) is 4.34. The largest absolute Gasteiger partial charge is 0.379 e. The van der Waals surface area contributed by atoms with Gasteiger partial charge in [-0.2, -0.15) is 0 Å². The zero-order valence-electron chi connectivity index (χ0n) is 10.5. The van der Waals surface area contributed by atoms with E-state index in [-0.39, 0.29) is 11.7 Å². The van der Waals surface area contributed by atoms with E-state index in [9.17, 15) is 9.18 Å². The van der Waals surface area contributed by atoms with E-state index in [1.807, 2.05) is 0 Å². The molecule has 1 fully saturated rings. The van der Waals surface area contributed by atoms with Crippen molar-refractivity contribution in [3.05, 3.63) is 34.1 Å². The van der Waals surface area contributed by atoms with Crippen LogP contribution in [0.5, 0.6) is 0 Å². The lowest BCUT2D eigenvalue weighted by Gasteiger charge is -2.26. The molecule has 0 spiro atoms. The minimum absolute atomic E-state index is 0.186. The summed E-state index contributed by atoms with van der Waals surface area (Å²) in [6.07, 6.45) is 0. The van der Waals surface area contributed by atoms with E-state index < -0.39 is 0 Å². The maximum absolute atomic E-state index is 13.1. The predicted octanol–water partition coefficient (Wildman–Crippen LogP) is 1.65. The third-order valence-electron chi connectivity index (χ3n) is 3.00. The van der Waals surface area contributed by atoms with Gasteiger partial charge in [-0.1, -0.05) is 0 Å². The monoisotopic (exact) mass is 330 g/mol. The molecular formula is C13H16BrFN2O2. The van der Waals surface area contributed by atoms with Gasteiger partial charge in [0.15, 0.2) is 0 Å². The average Bonchev–Trinajstić information content (AvgIpc) is 2.43. The van der Waals surface area contributed by atoms with Crippen LogP contribution < -0.4 is 5.32 Å². The van der Waals surface area contributed by atoms with Crippen molar-refractivity contribution >= 4 is 21.8 Å². The topological polar surface area (TPSA) is 41.6 Å². The van der Waals surface area contributed by atoms with Gasteiger partial charge < -0.3 is 10.1 Å². The number of carbonyl (C=O) groups is 1. The van der Waals surface area contributed by atoms with E-state index in [1.54, 1.807) is 0 Å². The van der Waals surface area contributed by atoms with E-state index in [2.05, 4.69) is 26.1 Å². The van der Waals surface area contributed by atoms with Gasteiger partial charge in [-0.3, -0.25) is 9.69 Å². The molecule has 6 heteroatoms. The van der Waals surface area contributed by atoms with Crippen LogP contribution in [0.4, 0.5) is 4.39 Å². The summed E-state index contributed by atoms with van der Waals surface area (Å²) < 4.78 is 18.6. The number of morpholine rings is 1. The number of nitrogens with zero attached hydrogens (tertiary/aromatic N) is 1. The Balaban J connectivity index is 1.78. The maximum Gasteiger partial charge on any atom is 0.251 e. The average molecular weight is 331 g/mol. The van der Waals surface area contributed by atoms with Crippen LogP contribution in [-0.2, 0) is 4.74 Å². The molecule has 1 aromatic rings. The Morgan fingerprint density at radius 1 is 1.42 bits per heavy atom. The first-order chi connectivity index (χ1) is 9.16. The van der Waals surface area contributed by atoms with Crippen LogP contribution >= 0.6 is 15.9 Å². The summed E-state index contributed by atoms with van der Waals surface area (Å²) in [6, 6.07) is 4.24. The van der Waals surface area contributed by atoms with Crippen molar-refractivity contribution in [3.63, 3.8) is 0 Å². The lowest BCUT2D eigenvalue weighted by Crippen LogP contribution is -2.41. The highest BCUT2D eigenvalue weighted by Gasteiger charge is 2.11. The molecule has 1 N–H and O–H groups in total. The maximum atomic E-state index is 13.1. The fraction of sp³-hybridized carbons (Fsp3) is 0.462. The van der Waals surface area contributed by atoms with Crippen LogP contribution in [0.2, 0.25) is 0 Å². The first-order valence-corrected chi connectivity index (χ1v) is 6.99. The number of carbonyl (C=O) groups excluding carboxylic acids is 1. The Bertz CT molecular complexity index is 450. The number of ether oxygens (including phenoxy) is 1. The van der Waals surface area contributed by atoms with Crippen molar-refractivity contribution < 1.29 is 13.9 Å². The van der Waals surface area contributed by atoms with Gasteiger partial charge in [0.1, 0.15) is 5.82 Å². The number of rotatable bonds is 4. The molecule has 0 aromatic heterocycles. The van der Waals surface area contributed by atoms with Gasteiger partial charge in [0, 0.05) is 31.7 Å². The molecule has 1 aromatic carbocycles. The van der Waals surface area contributed by atoms with Crippen LogP contribution in [0.3, 0.4) is 0 Å².